The zero-order chi connectivity index (χ0) is 20.2. The van der Waals surface area contributed by atoms with Crippen LogP contribution in [0.5, 0.6) is 5.75 Å². The van der Waals surface area contributed by atoms with Crippen molar-refractivity contribution in [1.29, 1.82) is 0 Å². The molecule has 0 radical (unpaired) electrons. The largest absolute Gasteiger partial charge is 0.497 e. The third-order valence-corrected chi connectivity index (χ3v) is 5.18. The Morgan fingerprint density at radius 2 is 2.10 bits per heavy atom. The number of urea groups is 1. The van der Waals surface area contributed by atoms with Crippen molar-refractivity contribution in [1.82, 2.24) is 15.0 Å². The fraction of sp³-hybridized carbons (Fsp3) is 0.318. The Balaban J connectivity index is 1.49. The SMILES string of the molecule is CCc1cccc(NC(=O)N2CCC[C@@H]2c2nc(-c3ccc(OC)cc3)no2)c1. The number of carbonyl (C=O) groups is 1. The number of rotatable bonds is 5. The van der Waals surface area contributed by atoms with Crippen molar-refractivity contribution in [3.8, 4) is 17.1 Å². The lowest BCUT2D eigenvalue weighted by atomic mass is 10.1. The number of amides is 2. The fourth-order valence-corrected chi connectivity index (χ4v) is 3.56. The molecular formula is C22H24N4O3. The predicted molar refractivity (Wildman–Crippen MR) is 110 cm³/mol. The van der Waals surface area contributed by atoms with Crippen LogP contribution < -0.4 is 10.1 Å². The molecule has 0 spiro atoms. The predicted octanol–water partition coefficient (Wildman–Crippen LogP) is 4.68. The third-order valence-electron chi connectivity index (χ3n) is 5.18. The van der Waals surface area contributed by atoms with Crippen LogP contribution >= 0.6 is 0 Å². The van der Waals surface area contributed by atoms with Crippen LogP contribution in [-0.2, 0) is 6.42 Å². The number of aryl methyl sites for hydroxylation is 1. The topological polar surface area (TPSA) is 80.5 Å². The molecule has 0 aliphatic carbocycles. The summed E-state index contributed by atoms with van der Waals surface area (Å²) in [6.07, 6.45) is 2.62. The zero-order valence-electron chi connectivity index (χ0n) is 16.6. The number of nitrogens with zero attached hydrogens (tertiary/aromatic N) is 3. The van der Waals surface area contributed by atoms with Crippen molar-refractivity contribution in [2.24, 2.45) is 0 Å². The molecule has 1 saturated heterocycles. The number of hydrogen-bond acceptors (Lipinski definition) is 5. The second-order valence-corrected chi connectivity index (χ2v) is 7.02. The van der Waals surface area contributed by atoms with Gasteiger partial charge in [-0.05, 0) is 61.2 Å². The molecule has 7 heteroatoms. The molecule has 2 aromatic carbocycles. The molecule has 3 aromatic rings. The summed E-state index contributed by atoms with van der Waals surface area (Å²) in [5, 5.41) is 7.09. The van der Waals surface area contributed by atoms with Crippen LogP contribution in [0, 0.1) is 0 Å². The molecule has 7 nitrogen and oxygen atoms in total. The summed E-state index contributed by atoms with van der Waals surface area (Å²) in [4.78, 5) is 19.2. The van der Waals surface area contributed by atoms with Crippen LogP contribution in [-0.4, -0.2) is 34.7 Å². The van der Waals surface area contributed by atoms with Crippen molar-refractivity contribution >= 4 is 11.7 Å². The van der Waals surface area contributed by atoms with Crippen molar-refractivity contribution in [2.45, 2.75) is 32.2 Å². The van der Waals surface area contributed by atoms with Gasteiger partial charge in [0, 0.05) is 17.8 Å². The van der Waals surface area contributed by atoms with Crippen molar-refractivity contribution in [2.75, 3.05) is 19.0 Å². The second-order valence-electron chi connectivity index (χ2n) is 7.02. The summed E-state index contributed by atoms with van der Waals surface area (Å²) in [5.74, 6) is 1.74. The smallest absolute Gasteiger partial charge is 0.322 e. The van der Waals surface area contributed by atoms with E-state index in [2.05, 4.69) is 22.4 Å². The second kappa shape index (κ2) is 8.34. The van der Waals surface area contributed by atoms with Gasteiger partial charge < -0.3 is 19.5 Å². The van der Waals surface area contributed by atoms with Gasteiger partial charge in [0.1, 0.15) is 11.8 Å². The highest BCUT2D eigenvalue weighted by Crippen LogP contribution is 2.32. The average molecular weight is 392 g/mol. The van der Waals surface area contributed by atoms with E-state index in [0.717, 1.165) is 36.3 Å². The summed E-state index contributed by atoms with van der Waals surface area (Å²) in [6, 6.07) is 15.0. The lowest BCUT2D eigenvalue weighted by Gasteiger charge is -2.22. The van der Waals surface area contributed by atoms with Gasteiger partial charge in [0.05, 0.1) is 7.11 Å². The van der Waals surface area contributed by atoms with Crippen LogP contribution in [0.3, 0.4) is 0 Å². The average Bonchev–Trinajstić information content (AvgIpc) is 3.43. The van der Waals surface area contributed by atoms with Crippen molar-refractivity contribution in [3.05, 3.63) is 60.0 Å². The summed E-state index contributed by atoms with van der Waals surface area (Å²) in [5.41, 5.74) is 2.82. The van der Waals surface area contributed by atoms with Gasteiger partial charge in [-0.25, -0.2) is 4.79 Å². The Labute approximate surface area is 169 Å². The van der Waals surface area contributed by atoms with Crippen LogP contribution in [0.2, 0.25) is 0 Å². The Bertz CT molecular complexity index is 984. The van der Waals surface area contributed by atoms with Gasteiger partial charge in [-0.15, -0.1) is 0 Å². The van der Waals surface area contributed by atoms with Gasteiger partial charge in [0.15, 0.2) is 0 Å². The van der Waals surface area contributed by atoms with Crippen LogP contribution in [0.15, 0.2) is 53.1 Å². The molecule has 29 heavy (non-hydrogen) atoms. The van der Waals surface area contributed by atoms with E-state index in [1.807, 2.05) is 48.5 Å². The first-order valence-corrected chi connectivity index (χ1v) is 9.82. The maximum absolute atomic E-state index is 12.9. The van der Waals surface area contributed by atoms with E-state index in [-0.39, 0.29) is 12.1 Å². The normalized spacial score (nSPS) is 16.1. The molecule has 1 atom stereocenters. The third kappa shape index (κ3) is 4.08. The number of benzene rings is 2. The molecule has 0 saturated carbocycles. The number of anilines is 1. The molecule has 1 aliphatic heterocycles. The molecule has 150 valence electrons. The monoisotopic (exact) mass is 392 g/mol. The van der Waals surface area contributed by atoms with Gasteiger partial charge in [-0.2, -0.15) is 4.98 Å². The molecule has 1 fully saturated rings. The highest BCUT2D eigenvalue weighted by atomic mass is 16.5. The lowest BCUT2D eigenvalue weighted by molar-refractivity contribution is 0.193. The van der Waals surface area contributed by atoms with Crippen LogP contribution in [0.1, 0.15) is 37.3 Å². The maximum atomic E-state index is 12.9. The van der Waals surface area contributed by atoms with E-state index in [0.29, 0.717) is 18.3 Å². The summed E-state index contributed by atoms with van der Waals surface area (Å²) in [7, 11) is 1.62. The van der Waals surface area contributed by atoms with Gasteiger partial charge >= 0.3 is 6.03 Å². The molecule has 1 N–H and O–H groups in total. The minimum atomic E-state index is -0.219. The minimum absolute atomic E-state index is 0.148. The number of hydrogen-bond donors (Lipinski definition) is 1. The molecule has 2 heterocycles. The van der Waals surface area contributed by atoms with Crippen LogP contribution in [0.25, 0.3) is 11.4 Å². The molecular weight excluding hydrogens is 368 g/mol. The highest BCUT2D eigenvalue weighted by molar-refractivity contribution is 5.89. The summed E-state index contributed by atoms with van der Waals surface area (Å²) in [6.45, 7) is 2.75. The number of ether oxygens (including phenoxy) is 1. The molecule has 1 aliphatic rings. The Kier molecular flexibility index (Phi) is 5.46. The maximum Gasteiger partial charge on any atom is 0.322 e. The highest BCUT2D eigenvalue weighted by Gasteiger charge is 2.34. The first-order valence-electron chi connectivity index (χ1n) is 9.82. The van der Waals surface area contributed by atoms with E-state index in [4.69, 9.17) is 9.26 Å². The first-order chi connectivity index (χ1) is 14.2. The lowest BCUT2D eigenvalue weighted by Crippen LogP contribution is -2.34. The number of carbonyl (C=O) groups excluding carboxylic acids is 1. The van der Waals surface area contributed by atoms with E-state index in [9.17, 15) is 4.79 Å². The van der Waals surface area contributed by atoms with Crippen LogP contribution in [0.4, 0.5) is 10.5 Å². The van der Waals surface area contributed by atoms with E-state index in [1.54, 1.807) is 12.0 Å². The number of nitrogens with one attached hydrogen (secondary N) is 1. The van der Waals surface area contributed by atoms with Gasteiger partial charge in [0.25, 0.3) is 0 Å². The Hall–Kier alpha value is -3.35. The number of aromatic nitrogens is 2. The van der Waals surface area contributed by atoms with Crippen molar-refractivity contribution in [3.63, 3.8) is 0 Å². The first kappa shape index (κ1) is 19.0. The number of methoxy groups -OCH3 is 1. The molecule has 4 rings (SSSR count). The fourth-order valence-electron chi connectivity index (χ4n) is 3.56. The zero-order valence-corrected chi connectivity index (χ0v) is 16.6. The summed E-state index contributed by atoms with van der Waals surface area (Å²) >= 11 is 0. The molecule has 1 aromatic heterocycles. The Morgan fingerprint density at radius 1 is 1.28 bits per heavy atom. The van der Waals surface area contributed by atoms with Gasteiger partial charge in [0.2, 0.25) is 11.7 Å². The quantitative estimate of drug-likeness (QED) is 0.682. The Morgan fingerprint density at radius 3 is 2.86 bits per heavy atom. The number of likely N-dealkylation sites (tertiary alicyclic amines) is 1. The van der Waals surface area contributed by atoms with E-state index < -0.39 is 0 Å². The molecule has 2 amide bonds. The van der Waals surface area contributed by atoms with E-state index in [1.165, 1.54) is 5.56 Å². The van der Waals surface area contributed by atoms with E-state index >= 15 is 0 Å². The minimum Gasteiger partial charge on any atom is -0.497 e. The molecule has 0 bridgehead atoms. The summed E-state index contributed by atoms with van der Waals surface area (Å²) < 4.78 is 10.7. The molecule has 0 unspecified atom stereocenters. The van der Waals surface area contributed by atoms with Gasteiger partial charge in [-0.3, -0.25) is 0 Å². The van der Waals surface area contributed by atoms with Crippen molar-refractivity contribution < 1.29 is 14.1 Å². The standard InChI is InChI=1S/C22H24N4O3/c1-3-15-6-4-7-17(14-15)23-22(27)26-13-5-8-19(26)21-24-20(25-29-21)16-9-11-18(28-2)12-10-16/h4,6-7,9-12,14,19H,3,5,8,13H2,1-2H3,(H,23,27)/t19-/m1/s1. The van der Waals surface area contributed by atoms with Gasteiger partial charge in [-0.1, -0.05) is 24.2 Å².